The minimum absolute atomic E-state index is 0.0841. The molecule has 0 heterocycles. The zero-order valence-electron chi connectivity index (χ0n) is 37.2. The van der Waals surface area contributed by atoms with Crippen LogP contribution in [0.25, 0.3) is 0 Å². The minimum Gasteiger partial charge on any atom is -0.381 e. The van der Waals surface area contributed by atoms with Gasteiger partial charge in [0.2, 0.25) is 23.6 Å². The topological polar surface area (TPSA) is 332 Å². The van der Waals surface area contributed by atoms with Crippen molar-refractivity contribution in [2.75, 3.05) is 75.3 Å². The molecule has 0 atom stereocenters. The Morgan fingerprint density at radius 1 is 0.613 bits per heavy atom. The molecule has 0 saturated carbocycles. The Kier molecular flexibility index (Phi) is 37.0. The van der Waals surface area contributed by atoms with Crippen LogP contribution >= 0.6 is 0 Å². The van der Waals surface area contributed by atoms with Gasteiger partial charge in [-0.1, -0.05) is 46.4 Å². The fraction of sp³-hybridized carbons (Fsp3) is 0.730. The van der Waals surface area contributed by atoms with Gasteiger partial charge >= 0.3 is 0 Å². The molecule has 0 aromatic rings. The van der Waals surface area contributed by atoms with Gasteiger partial charge in [-0.15, -0.1) is 0 Å². The van der Waals surface area contributed by atoms with Crippen molar-refractivity contribution in [1.29, 1.82) is 0 Å². The summed E-state index contributed by atoms with van der Waals surface area (Å²) in [6, 6.07) is 0. The largest absolute Gasteiger partial charge is 0.381 e. The molecule has 0 aliphatic heterocycles. The van der Waals surface area contributed by atoms with Crippen LogP contribution in [0.4, 0.5) is 0 Å². The van der Waals surface area contributed by atoms with Crippen molar-refractivity contribution in [3.05, 3.63) is 37.0 Å². The van der Waals surface area contributed by atoms with Crippen LogP contribution in [-0.2, 0) is 68.8 Å². The normalized spacial score (nSPS) is 11.5. The van der Waals surface area contributed by atoms with Gasteiger partial charge in [-0.3, -0.25) is 32.8 Å². The number of carbonyl (C=O) groups excluding carboxylic acids is 4. The first-order valence-corrected chi connectivity index (χ1v) is 26.3. The maximum absolute atomic E-state index is 11.2. The lowest BCUT2D eigenvalue weighted by Gasteiger charge is -2.23. The van der Waals surface area contributed by atoms with Gasteiger partial charge in [0.15, 0.2) is 0 Å². The van der Waals surface area contributed by atoms with Gasteiger partial charge in [0.1, 0.15) is 9.84 Å². The number of carbonyl (C=O) groups is 4. The van der Waals surface area contributed by atoms with E-state index in [9.17, 15) is 52.8 Å². The van der Waals surface area contributed by atoms with E-state index in [4.69, 9.17) is 23.1 Å². The Hall–Kier alpha value is -3.30. The fourth-order valence-electron chi connectivity index (χ4n) is 3.94. The monoisotopic (exact) mass is 972 g/mol. The van der Waals surface area contributed by atoms with Gasteiger partial charge in [0.05, 0.1) is 35.2 Å². The summed E-state index contributed by atoms with van der Waals surface area (Å²) in [7, 11) is -14.7. The van der Waals surface area contributed by atoms with Crippen LogP contribution in [-0.4, -0.2) is 152 Å². The summed E-state index contributed by atoms with van der Waals surface area (Å²) in [4.78, 5) is 43.9. The van der Waals surface area contributed by atoms with E-state index in [1.54, 1.807) is 27.7 Å². The molecular weight excluding hydrogens is 901 g/mol. The first kappa shape index (κ1) is 65.3. The molecule has 0 unspecified atom stereocenters. The predicted octanol–water partition coefficient (Wildman–Crippen LogP) is 1.66. The van der Waals surface area contributed by atoms with Gasteiger partial charge in [-0.05, 0) is 65.9 Å². The second-order valence-corrected chi connectivity index (χ2v) is 21.6. The molecule has 62 heavy (non-hydrogen) atoms. The lowest BCUT2D eigenvalue weighted by Crippen LogP contribution is -2.47. The predicted molar refractivity (Wildman–Crippen MR) is 239 cm³/mol. The van der Waals surface area contributed by atoms with E-state index < -0.39 is 57.4 Å². The standard InChI is InChI=1S/C14H27NO4S.C9H17NO5S.C7H15NO4S.C7H13NO4S/c1-13(2)14(16)15-9-6-4-5-7-10-19-11-8-12-20(3,17)18;1-8(2)9(11)10-4-6-15-5-3-7-16(12,13)14;1-6(2)7(9)8-4-3-5-13(10,11)12;1-4-6(9)8-7(2,3)5-13(10,11)12/h1,4-12H2,2-3H3,(H,15,16);1,3-7H2,2H3,(H,10,11)(H,12,13,14);6H,3-5H2,1-2H3,(H,8,9)(H,10,11,12);4H,1,5H2,2-3H3,(H,8,9)(H,10,11,12). The summed E-state index contributed by atoms with van der Waals surface area (Å²) in [5.41, 5.74) is -0.0438. The second-order valence-electron chi connectivity index (χ2n) is 14.7. The highest BCUT2D eigenvalue weighted by atomic mass is 32.2. The average molecular weight is 973 g/mol. The van der Waals surface area contributed by atoms with Crippen molar-refractivity contribution in [2.45, 2.75) is 92.0 Å². The molecule has 0 rings (SSSR count). The molecule has 0 bridgehead atoms. The van der Waals surface area contributed by atoms with Crippen LogP contribution in [0.5, 0.6) is 0 Å². The van der Waals surface area contributed by atoms with Gasteiger partial charge in [0, 0.05) is 62.8 Å². The van der Waals surface area contributed by atoms with E-state index in [0.717, 1.165) is 31.8 Å². The number of hydrogen-bond donors (Lipinski definition) is 7. The smallest absolute Gasteiger partial charge is 0.267 e. The van der Waals surface area contributed by atoms with E-state index >= 15 is 0 Å². The highest BCUT2D eigenvalue weighted by Crippen LogP contribution is 2.05. The Bertz CT molecular complexity index is 1810. The molecule has 4 amide bonds. The van der Waals surface area contributed by atoms with Gasteiger partial charge in [0.25, 0.3) is 30.4 Å². The third-order valence-corrected chi connectivity index (χ3v) is 10.6. The third kappa shape index (κ3) is 56.7. The van der Waals surface area contributed by atoms with E-state index in [1.165, 1.54) is 20.1 Å². The van der Waals surface area contributed by atoms with Gasteiger partial charge in [-0.2, -0.15) is 25.3 Å². The average Bonchev–Trinajstić information content (AvgIpc) is 3.09. The zero-order chi connectivity index (χ0) is 49.2. The number of hydrogen-bond acceptors (Lipinski definition) is 14. The highest BCUT2D eigenvalue weighted by Gasteiger charge is 2.25. The quantitative estimate of drug-likeness (QED) is 0.0318. The summed E-state index contributed by atoms with van der Waals surface area (Å²) < 4.78 is 120. The molecule has 0 aliphatic rings. The van der Waals surface area contributed by atoms with Crippen LogP contribution in [0.3, 0.4) is 0 Å². The van der Waals surface area contributed by atoms with Crippen molar-refractivity contribution in [2.24, 2.45) is 5.92 Å². The number of unbranched alkanes of at least 4 members (excludes halogenated alkanes) is 3. The first-order valence-electron chi connectivity index (χ1n) is 19.4. The molecule has 7 N–H and O–H groups in total. The molecule has 0 spiro atoms. The van der Waals surface area contributed by atoms with Gasteiger partial charge in [-0.25, -0.2) is 8.42 Å². The molecule has 25 heteroatoms. The minimum atomic E-state index is -4.08. The molecule has 0 saturated heterocycles. The lowest BCUT2D eigenvalue weighted by molar-refractivity contribution is -0.124. The molecule has 366 valence electrons. The Balaban J connectivity index is -0.000000368. The van der Waals surface area contributed by atoms with Crippen molar-refractivity contribution in [3.63, 3.8) is 0 Å². The maximum Gasteiger partial charge on any atom is 0.267 e. The van der Waals surface area contributed by atoms with Crippen molar-refractivity contribution in [3.8, 4) is 0 Å². The Morgan fingerprint density at radius 3 is 1.47 bits per heavy atom. The van der Waals surface area contributed by atoms with Crippen molar-refractivity contribution >= 4 is 63.8 Å². The summed E-state index contributed by atoms with van der Waals surface area (Å²) in [6.07, 6.45) is 7.31. The first-order chi connectivity index (χ1) is 28.1. The molecule has 21 nitrogen and oxygen atoms in total. The van der Waals surface area contributed by atoms with E-state index in [0.29, 0.717) is 50.5 Å². The van der Waals surface area contributed by atoms with E-state index in [2.05, 4.69) is 41.0 Å². The third-order valence-electron chi connectivity index (χ3n) is 6.90. The molecule has 0 aromatic carbocycles. The molecular formula is C37H72N4O17S4. The zero-order valence-corrected chi connectivity index (χ0v) is 40.5. The van der Waals surface area contributed by atoms with Crippen LogP contribution < -0.4 is 21.3 Å². The fourth-order valence-corrected chi connectivity index (χ4v) is 6.56. The van der Waals surface area contributed by atoms with E-state index in [1.807, 2.05) is 0 Å². The summed E-state index contributed by atoms with van der Waals surface area (Å²) in [5, 5.41) is 10.3. The Morgan fingerprint density at radius 2 is 1.03 bits per heavy atom. The number of nitrogens with one attached hydrogen (secondary N) is 4. The number of ether oxygens (including phenoxy) is 2. The van der Waals surface area contributed by atoms with Crippen LogP contribution in [0.1, 0.15) is 86.5 Å². The maximum atomic E-state index is 11.2. The van der Waals surface area contributed by atoms with Gasteiger partial charge < -0.3 is 30.7 Å². The second kappa shape index (κ2) is 35.1. The van der Waals surface area contributed by atoms with Crippen LogP contribution in [0.2, 0.25) is 0 Å². The molecule has 0 aliphatic carbocycles. The Labute approximate surface area is 369 Å². The van der Waals surface area contributed by atoms with Crippen LogP contribution in [0.15, 0.2) is 37.0 Å². The summed E-state index contributed by atoms with van der Waals surface area (Å²) in [5.74, 6) is -1.98. The SMILES string of the molecule is C=C(C)C(=O)NCCCCCCOCCCS(C)(=O)=O.C=C(C)C(=O)NCCOCCCS(=O)(=O)O.C=CC(=O)NC(C)(C)CS(=O)(=O)O.CC(C)C(=O)NCCCS(=O)(=O)O. The molecule has 0 aromatic heterocycles. The number of sulfone groups is 1. The molecule has 0 radical (unpaired) electrons. The number of amides is 4. The van der Waals surface area contributed by atoms with Crippen LogP contribution in [0, 0.1) is 5.92 Å². The van der Waals surface area contributed by atoms with E-state index in [-0.39, 0.29) is 66.9 Å². The van der Waals surface area contributed by atoms with Crippen molar-refractivity contribution < 1.29 is 76.0 Å². The molecule has 0 fully saturated rings. The number of rotatable bonds is 29. The summed E-state index contributed by atoms with van der Waals surface area (Å²) in [6.45, 7) is 23.0. The van der Waals surface area contributed by atoms with Crippen molar-refractivity contribution in [1.82, 2.24) is 21.3 Å². The highest BCUT2D eigenvalue weighted by molar-refractivity contribution is 7.90. The summed E-state index contributed by atoms with van der Waals surface area (Å²) >= 11 is 0. The lowest BCUT2D eigenvalue weighted by atomic mass is 10.1.